The van der Waals surface area contributed by atoms with E-state index in [1.54, 1.807) is 0 Å². The van der Waals surface area contributed by atoms with Crippen molar-refractivity contribution >= 4 is 0 Å². The molecule has 96 valence electrons. The van der Waals surface area contributed by atoms with Crippen molar-refractivity contribution in [2.75, 3.05) is 0 Å². The van der Waals surface area contributed by atoms with Crippen molar-refractivity contribution in [2.24, 2.45) is 5.90 Å². The maximum Gasteiger partial charge on any atom is 0.416 e. The van der Waals surface area contributed by atoms with Crippen molar-refractivity contribution in [1.82, 2.24) is 15.0 Å². The van der Waals surface area contributed by atoms with Gasteiger partial charge in [-0.25, -0.2) is 10.6 Å². The Labute approximate surface area is 99.9 Å². The summed E-state index contributed by atoms with van der Waals surface area (Å²) in [6.45, 7) is 0.0840. The van der Waals surface area contributed by atoms with Crippen LogP contribution in [0.3, 0.4) is 0 Å². The molecule has 2 aromatic rings. The number of benzene rings is 1. The molecule has 0 bridgehead atoms. The van der Waals surface area contributed by atoms with Gasteiger partial charge in [-0.05, 0) is 24.3 Å². The smallest absolute Gasteiger partial charge is 0.298 e. The summed E-state index contributed by atoms with van der Waals surface area (Å²) < 4.78 is 38.4. The van der Waals surface area contributed by atoms with Crippen molar-refractivity contribution in [3.63, 3.8) is 0 Å². The van der Waals surface area contributed by atoms with E-state index >= 15 is 0 Å². The summed E-state index contributed by atoms with van der Waals surface area (Å²) >= 11 is 0. The Morgan fingerprint density at radius 2 is 1.89 bits per heavy atom. The highest BCUT2D eigenvalue weighted by Gasteiger charge is 2.30. The summed E-state index contributed by atoms with van der Waals surface area (Å²) in [6, 6.07) is 4.58. The molecule has 0 saturated heterocycles. The molecule has 0 aliphatic carbocycles. The zero-order chi connectivity index (χ0) is 13.2. The molecular formula is C10H9F3N4O. The molecule has 0 aliphatic heterocycles. The Hall–Kier alpha value is -1.93. The Morgan fingerprint density at radius 3 is 2.44 bits per heavy atom. The Morgan fingerprint density at radius 1 is 1.22 bits per heavy atom. The summed E-state index contributed by atoms with van der Waals surface area (Å²) in [5.41, 5.74) is 0.244. The minimum atomic E-state index is -4.35. The molecule has 0 amide bonds. The normalized spacial score (nSPS) is 11.8. The van der Waals surface area contributed by atoms with Gasteiger partial charge in [-0.3, -0.25) is 4.84 Å². The van der Waals surface area contributed by atoms with Gasteiger partial charge in [0.25, 0.3) is 0 Å². The van der Waals surface area contributed by atoms with Crippen molar-refractivity contribution in [3.05, 3.63) is 41.7 Å². The molecule has 0 spiro atoms. The van der Waals surface area contributed by atoms with Crippen LogP contribution >= 0.6 is 0 Å². The van der Waals surface area contributed by atoms with E-state index in [-0.39, 0.29) is 6.61 Å². The molecule has 2 N–H and O–H groups in total. The molecule has 8 heteroatoms. The first-order valence-electron chi connectivity index (χ1n) is 4.91. The summed E-state index contributed by atoms with van der Waals surface area (Å²) in [5.74, 6) is 4.87. The topological polar surface area (TPSA) is 66.0 Å². The van der Waals surface area contributed by atoms with Crippen LogP contribution in [0.1, 0.15) is 11.3 Å². The van der Waals surface area contributed by atoms with Gasteiger partial charge in [-0.2, -0.15) is 13.2 Å². The van der Waals surface area contributed by atoms with Gasteiger partial charge in [0.1, 0.15) is 12.3 Å². The zero-order valence-electron chi connectivity index (χ0n) is 9.05. The highest BCUT2D eigenvalue weighted by atomic mass is 19.4. The first kappa shape index (κ1) is 12.5. The van der Waals surface area contributed by atoms with E-state index in [2.05, 4.69) is 15.1 Å². The van der Waals surface area contributed by atoms with Crippen LogP contribution in [-0.2, 0) is 17.6 Å². The van der Waals surface area contributed by atoms with Crippen LogP contribution in [0.4, 0.5) is 13.2 Å². The highest BCUT2D eigenvalue weighted by molar-refractivity contribution is 5.34. The predicted octanol–water partition coefficient (Wildman–Crippen LogP) is 1.68. The van der Waals surface area contributed by atoms with Crippen LogP contribution in [-0.4, -0.2) is 15.0 Å². The molecule has 0 saturated carbocycles. The molecule has 18 heavy (non-hydrogen) atoms. The van der Waals surface area contributed by atoms with E-state index in [4.69, 9.17) is 5.90 Å². The largest absolute Gasteiger partial charge is 0.416 e. The average molecular weight is 258 g/mol. The lowest BCUT2D eigenvalue weighted by molar-refractivity contribution is -0.137. The van der Waals surface area contributed by atoms with E-state index in [0.29, 0.717) is 11.4 Å². The fraction of sp³-hybridized carbons (Fsp3) is 0.200. The SMILES string of the molecule is NOCc1cn(-c2ccc(C(F)(F)F)cc2)nn1. The van der Waals surface area contributed by atoms with Crippen molar-refractivity contribution in [1.29, 1.82) is 0 Å². The van der Waals surface area contributed by atoms with E-state index < -0.39 is 11.7 Å². The summed E-state index contributed by atoms with van der Waals surface area (Å²) in [7, 11) is 0. The lowest BCUT2D eigenvalue weighted by Gasteiger charge is -2.07. The third-order valence-electron chi connectivity index (χ3n) is 2.23. The van der Waals surface area contributed by atoms with Gasteiger partial charge < -0.3 is 0 Å². The van der Waals surface area contributed by atoms with Crippen molar-refractivity contribution in [2.45, 2.75) is 12.8 Å². The Bertz CT molecular complexity index is 521. The molecule has 0 unspecified atom stereocenters. The maximum atomic E-state index is 12.4. The minimum absolute atomic E-state index is 0.0840. The molecule has 0 radical (unpaired) electrons. The van der Waals surface area contributed by atoms with E-state index in [1.807, 2.05) is 0 Å². The second-order valence-corrected chi connectivity index (χ2v) is 3.51. The molecule has 1 aromatic carbocycles. The summed E-state index contributed by atoms with van der Waals surface area (Å²) in [6.07, 6.45) is -2.82. The molecule has 2 rings (SSSR count). The highest BCUT2D eigenvalue weighted by Crippen LogP contribution is 2.29. The van der Waals surface area contributed by atoms with Gasteiger partial charge in [0, 0.05) is 0 Å². The zero-order valence-corrected chi connectivity index (χ0v) is 9.05. The molecular weight excluding hydrogens is 249 g/mol. The molecule has 1 aromatic heterocycles. The monoisotopic (exact) mass is 258 g/mol. The second-order valence-electron chi connectivity index (χ2n) is 3.51. The molecule has 0 aliphatic rings. The number of nitrogens with two attached hydrogens (primary N) is 1. The average Bonchev–Trinajstić information content (AvgIpc) is 2.77. The second kappa shape index (κ2) is 4.75. The van der Waals surface area contributed by atoms with Gasteiger partial charge in [-0.1, -0.05) is 5.21 Å². The quantitative estimate of drug-likeness (QED) is 0.850. The number of rotatable bonds is 3. The fourth-order valence-electron chi connectivity index (χ4n) is 1.38. The molecule has 5 nitrogen and oxygen atoms in total. The van der Waals surface area contributed by atoms with Crippen LogP contribution in [0.5, 0.6) is 0 Å². The van der Waals surface area contributed by atoms with Gasteiger partial charge in [0.15, 0.2) is 0 Å². The fourth-order valence-corrected chi connectivity index (χ4v) is 1.38. The first-order chi connectivity index (χ1) is 8.50. The van der Waals surface area contributed by atoms with Crippen LogP contribution in [0.2, 0.25) is 0 Å². The van der Waals surface area contributed by atoms with E-state index in [9.17, 15) is 13.2 Å². The van der Waals surface area contributed by atoms with Crippen LogP contribution in [0.25, 0.3) is 5.69 Å². The third-order valence-corrected chi connectivity index (χ3v) is 2.23. The number of alkyl halides is 3. The van der Waals surface area contributed by atoms with Gasteiger partial charge in [-0.15, -0.1) is 5.10 Å². The Balaban J connectivity index is 2.23. The standard InChI is InChI=1S/C10H9F3N4O/c11-10(12,13)7-1-3-9(4-2-7)17-5-8(6-18-14)15-16-17/h1-5H,6,14H2. The van der Waals surface area contributed by atoms with Gasteiger partial charge >= 0.3 is 6.18 Å². The van der Waals surface area contributed by atoms with Crippen LogP contribution in [0, 0.1) is 0 Å². The number of hydrogen-bond donors (Lipinski definition) is 1. The number of hydrogen-bond acceptors (Lipinski definition) is 4. The molecule has 0 atom stereocenters. The van der Waals surface area contributed by atoms with Gasteiger partial charge in [0.2, 0.25) is 0 Å². The summed E-state index contributed by atoms with van der Waals surface area (Å²) in [5, 5.41) is 7.49. The van der Waals surface area contributed by atoms with Crippen LogP contribution < -0.4 is 5.90 Å². The van der Waals surface area contributed by atoms with Crippen molar-refractivity contribution in [3.8, 4) is 5.69 Å². The lowest BCUT2D eigenvalue weighted by atomic mass is 10.2. The lowest BCUT2D eigenvalue weighted by Crippen LogP contribution is -2.05. The molecule has 0 fully saturated rings. The molecule has 1 heterocycles. The number of aromatic nitrogens is 3. The predicted molar refractivity (Wildman–Crippen MR) is 55.3 cm³/mol. The number of halogens is 3. The Kier molecular flexibility index (Phi) is 3.30. The maximum absolute atomic E-state index is 12.4. The van der Waals surface area contributed by atoms with Gasteiger partial charge in [0.05, 0.1) is 17.4 Å². The van der Waals surface area contributed by atoms with Crippen LogP contribution in [0.15, 0.2) is 30.5 Å². The van der Waals surface area contributed by atoms with Crippen molar-refractivity contribution < 1.29 is 18.0 Å². The van der Waals surface area contributed by atoms with E-state index in [0.717, 1.165) is 12.1 Å². The first-order valence-corrected chi connectivity index (χ1v) is 4.91. The van der Waals surface area contributed by atoms with E-state index in [1.165, 1.54) is 23.0 Å². The third kappa shape index (κ3) is 2.66. The summed E-state index contributed by atoms with van der Waals surface area (Å²) in [4.78, 5) is 4.38. The minimum Gasteiger partial charge on any atom is -0.298 e. The number of nitrogens with zero attached hydrogens (tertiary/aromatic N) is 3.